The Morgan fingerprint density at radius 3 is 2.55 bits per heavy atom. The van der Waals surface area contributed by atoms with Gasteiger partial charge in [-0.3, -0.25) is 0 Å². The number of halogens is 1. The summed E-state index contributed by atoms with van der Waals surface area (Å²) in [5.74, 6) is 0.416. The Morgan fingerprint density at radius 2 is 1.87 bits per heavy atom. The van der Waals surface area contributed by atoms with Gasteiger partial charge in [-0.05, 0) is 54.8 Å². The van der Waals surface area contributed by atoms with Crippen LogP contribution < -0.4 is 10.6 Å². The van der Waals surface area contributed by atoms with Gasteiger partial charge in [0.1, 0.15) is 5.82 Å². The van der Waals surface area contributed by atoms with Crippen LogP contribution in [0.15, 0.2) is 58.5 Å². The second-order valence-corrected chi connectivity index (χ2v) is 9.46. The first kappa shape index (κ1) is 22.8. The highest BCUT2D eigenvalue weighted by Crippen LogP contribution is 2.19. The van der Waals surface area contributed by atoms with E-state index in [1.807, 2.05) is 13.1 Å². The number of hydrogen-bond acceptors (Lipinski definition) is 3. The number of aromatic nitrogens is 1. The summed E-state index contributed by atoms with van der Waals surface area (Å²) in [7, 11) is -0.422. The van der Waals surface area contributed by atoms with Crippen molar-refractivity contribution in [2.45, 2.75) is 24.8 Å². The first-order valence-electron chi connectivity index (χ1n) is 10.1. The van der Waals surface area contributed by atoms with E-state index in [1.165, 1.54) is 24.5 Å². The zero-order valence-electron chi connectivity index (χ0n) is 17.9. The maximum absolute atomic E-state index is 13.5. The number of nitrogens with one attached hydrogen (secondary N) is 3. The zero-order valence-corrected chi connectivity index (χ0v) is 18.8. The predicted molar refractivity (Wildman–Crippen MR) is 122 cm³/mol. The zero-order chi connectivity index (χ0) is 22.4. The molecule has 166 valence electrons. The van der Waals surface area contributed by atoms with Crippen molar-refractivity contribution in [3.63, 3.8) is 0 Å². The van der Waals surface area contributed by atoms with Gasteiger partial charge in [0, 0.05) is 44.3 Å². The lowest BCUT2D eigenvalue weighted by molar-refractivity contribution is 0.520. The van der Waals surface area contributed by atoms with E-state index < -0.39 is 10.0 Å². The molecule has 0 aliphatic heterocycles. The van der Waals surface area contributed by atoms with Crippen molar-refractivity contribution in [1.29, 1.82) is 0 Å². The molecule has 3 N–H and O–H groups in total. The Kier molecular flexibility index (Phi) is 7.29. The Bertz CT molecular complexity index is 1150. The molecule has 31 heavy (non-hydrogen) atoms. The lowest BCUT2D eigenvalue weighted by Gasteiger charge is -2.12. The number of sulfonamides is 1. The van der Waals surface area contributed by atoms with E-state index in [4.69, 9.17) is 0 Å². The van der Waals surface area contributed by atoms with Crippen LogP contribution >= 0.6 is 0 Å². The number of fused-ring (bicyclic) bond motifs is 1. The van der Waals surface area contributed by atoms with Gasteiger partial charge in [0.05, 0.1) is 11.4 Å². The van der Waals surface area contributed by atoms with Gasteiger partial charge in [-0.1, -0.05) is 12.1 Å². The van der Waals surface area contributed by atoms with Gasteiger partial charge in [-0.2, -0.15) is 0 Å². The van der Waals surface area contributed by atoms with Gasteiger partial charge in [-0.15, -0.1) is 0 Å². The number of benzene rings is 2. The molecule has 0 saturated heterocycles. The molecule has 0 spiro atoms. The molecule has 1 heterocycles. The van der Waals surface area contributed by atoms with E-state index in [1.54, 1.807) is 36.4 Å². The van der Waals surface area contributed by atoms with E-state index in [9.17, 15) is 12.8 Å². The molecule has 0 fully saturated rings. The summed E-state index contributed by atoms with van der Waals surface area (Å²) in [5, 5.41) is 7.37. The number of aromatic amines is 1. The van der Waals surface area contributed by atoms with Crippen molar-refractivity contribution in [3.8, 4) is 0 Å². The van der Waals surface area contributed by atoms with E-state index >= 15 is 0 Å². The van der Waals surface area contributed by atoms with Crippen LogP contribution in [0, 0.1) is 5.82 Å². The van der Waals surface area contributed by atoms with Crippen molar-refractivity contribution in [3.05, 3.63) is 65.6 Å². The average molecular weight is 446 g/mol. The van der Waals surface area contributed by atoms with Gasteiger partial charge in [-0.25, -0.2) is 22.1 Å². The molecule has 0 aliphatic rings. The molecule has 0 aliphatic carbocycles. The molecule has 0 atom stereocenters. The molecular formula is C22H28FN5O2S. The summed E-state index contributed by atoms with van der Waals surface area (Å²) in [6.07, 6.45) is 2.62. The van der Waals surface area contributed by atoms with Crippen LogP contribution in [0.3, 0.4) is 0 Å². The molecule has 0 amide bonds. The Balaban J connectivity index is 1.61. The quantitative estimate of drug-likeness (QED) is 0.367. The highest BCUT2D eigenvalue weighted by molar-refractivity contribution is 7.89. The van der Waals surface area contributed by atoms with Crippen molar-refractivity contribution < 1.29 is 12.8 Å². The summed E-state index contributed by atoms with van der Waals surface area (Å²) in [4.78, 5) is 7.99. The average Bonchev–Trinajstić information content (AvgIpc) is 3.14. The van der Waals surface area contributed by atoms with E-state index in [0.29, 0.717) is 32.0 Å². The number of rotatable bonds is 8. The second kappa shape index (κ2) is 9.93. The normalized spacial score (nSPS) is 12.5. The third-order valence-electron chi connectivity index (χ3n) is 4.88. The monoisotopic (exact) mass is 445 g/mol. The standard InChI is InChI=1S/C22H28FN5O2S/c1-4-24-22(25-12-11-17-15-26-21-10-7-18(23)13-20(17)21)27-14-16-5-8-19(9-6-16)31(29,30)28(2)3/h5-10,13,15,26H,4,11-12,14H2,1-3H3,(H2,24,25,27). The number of H-pyrrole nitrogens is 1. The van der Waals surface area contributed by atoms with E-state index in [2.05, 4.69) is 20.6 Å². The van der Waals surface area contributed by atoms with Crippen LogP contribution in [-0.4, -0.2) is 50.9 Å². The minimum absolute atomic E-state index is 0.249. The van der Waals surface area contributed by atoms with E-state index in [-0.39, 0.29) is 10.7 Å². The van der Waals surface area contributed by atoms with Gasteiger partial charge >= 0.3 is 0 Å². The molecule has 0 unspecified atom stereocenters. The number of guanidine groups is 1. The summed E-state index contributed by atoms with van der Waals surface area (Å²) in [6, 6.07) is 11.4. The molecule has 7 nitrogen and oxygen atoms in total. The van der Waals surface area contributed by atoms with Crippen LogP contribution in [0.1, 0.15) is 18.1 Å². The fourth-order valence-electron chi connectivity index (χ4n) is 3.16. The lowest BCUT2D eigenvalue weighted by Crippen LogP contribution is -2.38. The Morgan fingerprint density at radius 1 is 1.13 bits per heavy atom. The topological polar surface area (TPSA) is 89.6 Å². The third-order valence-corrected chi connectivity index (χ3v) is 6.71. The van der Waals surface area contributed by atoms with Crippen LogP contribution in [0.5, 0.6) is 0 Å². The van der Waals surface area contributed by atoms with E-state index in [0.717, 1.165) is 22.0 Å². The summed E-state index contributed by atoms with van der Waals surface area (Å²) >= 11 is 0. The van der Waals surface area contributed by atoms with Crippen molar-refractivity contribution in [1.82, 2.24) is 19.9 Å². The smallest absolute Gasteiger partial charge is 0.242 e. The first-order valence-corrected chi connectivity index (χ1v) is 11.5. The molecular weight excluding hydrogens is 417 g/mol. The minimum atomic E-state index is -3.44. The van der Waals surface area contributed by atoms with Gasteiger partial charge in [0.2, 0.25) is 10.0 Å². The summed E-state index contributed by atoms with van der Waals surface area (Å²) in [6.45, 7) is 3.75. The fraction of sp³-hybridized carbons (Fsp3) is 0.318. The maximum atomic E-state index is 13.5. The maximum Gasteiger partial charge on any atom is 0.242 e. The lowest BCUT2D eigenvalue weighted by atomic mass is 10.1. The van der Waals surface area contributed by atoms with Crippen LogP contribution in [0.25, 0.3) is 10.9 Å². The molecule has 9 heteroatoms. The predicted octanol–water partition coefficient (Wildman–Crippen LogP) is 2.86. The minimum Gasteiger partial charge on any atom is -0.361 e. The molecule has 0 bridgehead atoms. The number of hydrogen-bond donors (Lipinski definition) is 3. The van der Waals surface area contributed by atoms with Crippen LogP contribution in [0.2, 0.25) is 0 Å². The fourth-order valence-corrected chi connectivity index (χ4v) is 4.06. The SMILES string of the molecule is CCNC(=NCc1ccc(S(=O)(=O)N(C)C)cc1)NCCc1c[nH]c2ccc(F)cc12. The highest BCUT2D eigenvalue weighted by atomic mass is 32.2. The number of nitrogens with zero attached hydrogens (tertiary/aromatic N) is 2. The summed E-state index contributed by atoms with van der Waals surface area (Å²) in [5.41, 5.74) is 2.86. The molecule has 2 aromatic carbocycles. The van der Waals surface area contributed by atoms with Crippen molar-refractivity contribution in [2.75, 3.05) is 27.2 Å². The molecule has 1 aromatic heterocycles. The largest absolute Gasteiger partial charge is 0.361 e. The van der Waals surface area contributed by atoms with Gasteiger partial charge in [0.25, 0.3) is 0 Å². The number of aliphatic imine (C=N–C) groups is 1. The molecule has 3 rings (SSSR count). The van der Waals surface area contributed by atoms with Crippen molar-refractivity contribution in [2.24, 2.45) is 4.99 Å². The molecule has 3 aromatic rings. The Hall–Kier alpha value is -2.91. The first-order chi connectivity index (χ1) is 14.8. The van der Waals surface area contributed by atoms with Crippen molar-refractivity contribution >= 4 is 26.9 Å². The third kappa shape index (κ3) is 5.62. The van der Waals surface area contributed by atoms with Gasteiger partial charge < -0.3 is 15.6 Å². The molecule has 0 radical (unpaired) electrons. The highest BCUT2D eigenvalue weighted by Gasteiger charge is 2.16. The summed E-state index contributed by atoms with van der Waals surface area (Å²) < 4.78 is 39.1. The molecule has 0 saturated carbocycles. The van der Waals surface area contributed by atoms with Crippen LogP contribution in [0.4, 0.5) is 4.39 Å². The second-order valence-electron chi connectivity index (χ2n) is 7.31. The van der Waals surface area contributed by atoms with Crippen LogP contribution in [-0.2, 0) is 23.0 Å². The van der Waals surface area contributed by atoms with Gasteiger partial charge in [0.15, 0.2) is 5.96 Å². The Labute approximate surface area is 182 Å².